The molecular weight excluding hydrogens is 296 g/mol. The minimum Gasteiger partial charge on any atom is -0.368 e. The van der Waals surface area contributed by atoms with E-state index < -0.39 is 0 Å². The Morgan fingerprint density at radius 3 is 3.00 bits per heavy atom. The van der Waals surface area contributed by atoms with Crippen LogP contribution < -0.4 is 5.32 Å². The summed E-state index contributed by atoms with van der Waals surface area (Å²) in [5.41, 5.74) is 1.64. The number of ether oxygens (including phenoxy) is 1. The number of amides is 1. The lowest BCUT2D eigenvalue weighted by Gasteiger charge is -2.31. The number of hydrogen-bond acceptors (Lipinski definition) is 4. The Labute approximate surface area is 135 Å². The van der Waals surface area contributed by atoms with E-state index in [1.807, 2.05) is 0 Å². The molecule has 1 saturated carbocycles. The summed E-state index contributed by atoms with van der Waals surface area (Å²) in [7, 11) is 0. The average molecular weight is 320 g/mol. The molecule has 3 aliphatic rings. The third-order valence-electron chi connectivity index (χ3n) is 5.54. The highest BCUT2D eigenvalue weighted by Gasteiger charge is 2.58. The van der Waals surface area contributed by atoms with Gasteiger partial charge in [-0.3, -0.25) is 4.79 Å². The molecule has 2 saturated heterocycles. The van der Waals surface area contributed by atoms with E-state index >= 15 is 0 Å². The Bertz CT molecular complexity index is 519. The molecule has 1 spiro atoms. The maximum Gasteiger partial charge on any atom is 0.252 e. The fourth-order valence-corrected chi connectivity index (χ4v) is 4.77. The fourth-order valence-electron chi connectivity index (χ4n) is 4.11. The first-order valence-corrected chi connectivity index (χ1v) is 9.37. The molecule has 4 rings (SSSR count). The summed E-state index contributed by atoms with van der Waals surface area (Å²) in [4.78, 5) is 15.1. The highest BCUT2D eigenvalue weighted by molar-refractivity contribution is 7.07. The molecule has 2 atom stereocenters. The Hall–Kier alpha value is -0.910. The van der Waals surface area contributed by atoms with Crippen molar-refractivity contribution in [1.82, 2.24) is 10.2 Å². The second-order valence-electron chi connectivity index (χ2n) is 6.93. The molecule has 1 N–H and O–H groups in total. The first-order chi connectivity index (χ1) is 10.8. The number of hydrogen-bond donors (Lipinski definition) is 1. The van der Waals surface area contributed by atoms with E-state index in [-0.39, 0.29) is 12.0 Å². The van der Waals surface area contributed by atoms with Gasteiger partial charge in [0.15, 0.2) is 0 Å². The first kappa shape index (κ1) is 14.7. The lowest BCUT2D eigenvalue weighted by Crippen LogP contribution is -2.43. The van der Waals surface area contributed by atoms with Gasteiger partial charge in [0.1, 0.15) is 6.10 Å². The fraction of sp³-hybridized carbons (Fsp3) is 0.706. The largest absolute Gasteiger partial charge is 0.368 e. The number of carbonyl (C=O) groups excluding carboxylic acids is 1. The van der Waals surface area contributed by atoms with Gasteiger partial charge in [0, 0.05) is 19.2 Å². The first-order valence-electron chi connectivity index (χ1n) is 8.42. The molecule has 3 fully saturated rings. The molecule has 1 aromatic rings. The molecule has 5 heteroatoms. The van der Waals surface area contributed by atoms with Crippen molar-refractivity contribution in [2.45, 2.75) is 50.8 Å². The van der Waals surface area contributed by atoms with Crippen molar-refractivity contribution in [3.05, 3.63) is 22.4 Å². The zero-order valence-electron chi connectivity index (χ0n) is 12.9. The quantitative estimate of drug-likeness (QED) is 0.926. The summed E-state index contributed by atoms with van der Waals surface area (Å²) < 4.78 is 5.67. The summed E-state index contributed by atoms with van der Waals surface area (Å²) in [5, 5.41) is 7.70. The van der Waals surface area contributed by atoms with Gasteiger partial charge in [-0.1, -0.05) is 0 Å². The van der Waals surface area contributed by atoms with Gasteiger partial charge in [-0.2, -0.15) is 11.3 Å². The zero-order valence-corrected chi connectivity index (χ0v) is 13.7. The second-order valence-corrected chi connectivity index (χ2v) is 7.71. The number of nitrogens with zero attached hydrogens (tertiary/aromatic N) is 1. The lowest BCUT2D eigenvalue weighted by atomic mass is 9.93. The molecular formula is C17H24N2O2S. The van der Waals surface area contributed by atoms with Crippen LogP contribution in [-0.4, -0.2) is 42.6 Å². The molecule has 2 aliphatic heterocycles. The van der Waals surface area contributed by atoms with Crippen LogP contribution in [0.4, 0.5) is 0 Å². The molecule has 22 heavy (non-hydrogen) atoms. The average Bonchev–Trinajstić information content (AvgIpc) is 3.02. The van der Waals surface area contributed by atoms with E-state index in [0.717, 1.165) is 39.1 Å². The SMILES string of the molecule is O=C(C1CCCO1)N(Cc1ccsc1)C1CC12CCNCC2. The van der Waals surface area contributed by atoms with E-state index in [9.17, 15) is 4.79 Å². The number of piperidine rings is 1. The molecule has 3 heterocycles. The van der Waals surface area contributed by atoms with Crippen molar-refractivity contribution in [2.75, 3.05) is 19.7 Å². The second kappa shape index (κ2) is 5.95. The lowest BCUT2D eigenvalue weighted by molar-refractivity contribution is -0.143. The van der Waals surface area contributed by atoms with Gasteiger partial charge in [-0.25, -0.2) is 0 Å². The van der Waals surface area contributed by atoms with Gasteiger partial charge < -0.3 is 15.0 Å². The van der Waals surface area contributed by atoms with Gasteiger partial charge in [-0.15, -0.1) is 0 Å². The molecule has 0 bridgehead atoms. The van der Waals surface area contributed by atoms with E-state index in [1.54, 1.807) is 11.3 Å². The maximum absolute atomic E-state index is 13.0. The van der Waals surface area contributed by atoms with Crippen LogP contribution in [0.2, 0.25) is 0 Å². The standard InChI is InChI=1S/C17H24N2O2S/c20-16(14-2-1-8-21-14)19(11-13-3-9-22-12-13)15-10-17(15)4-6-18-7-5-17/h3,9,12,14-15,18H,1-2,4-8,10-11H2. The molecule has 1 aliphatic carbocycles. The number of thiophene rings is 1. The van der Waals surface area contributed by atoms with Crippen LogP contribution in [0.25, 0.3) is 0 Å². The zero-order chi connectivity index (χ0) is 15.0. The van der Waals surface area contributed by atoms with E-state index in [4.69, 9.17) is 4.74 Å². The normalized spacial score (nSPS) is 29.6. The van der Waals surface area contributed by atoms with Crippen molar-refractivity contribution in [3.8, 4) is 0 Å². The minimum absolute atomic E-state index is 0.196. The van der Waals surface area contributed by atoms with E-state index in [1.165, 1.54) is 24.8 Å². The van der Waals surface area contributed by atoms with Crippen molar-refractivity contribution in [3.63, 3.8) is 0 Å². The maximum atomic E-state index is 13.0. The van der Waals surface area contributed by atoms with Crippen LogP contribution in [0, 0.1) is 5.41 Å². The van der Waals surface area contributed by atoms with Gasteiger partial charge >= 0.3 is 0 Å². The smallest absolute Gasteiger partial charge is 0.252 e. The van der Waals surface area contributed by atoms with Crippen LogP contribution in [0.15, 0.2) is 16.8 Å². The Kier molecular flexibility index (Phi) is 3.96. The summed E-state index contributed by atoms with van der Waals surface area (Å²) in [5.74, 6) is 0.226. The molecule has 1 amide bonds. The number of nitrogens with one attached hydrogen (secondary N) is 1. The highest BCUT2D eigenvalue weighted by atomic mass is 32.1. The van der Waals surface area contributed by atoms with Gasteiger partial charge in [0.2, 0.25) is 0 Å². The minimum atomic E-state index is -0.196. The Balaban J connectivity index is 1.51. The van der Waals surface area contributed by atoms with Crippen molar-refractivity contribution in [1.29, 1.82) is 0 Å². The van der Waals surface area contributed by atoms with Crippen molar-refractivity contribution >= 4 is 17.2 Å². The van der Waals surface area contributed by atoms with Crippen molar-refractivity contribution in [2.24, 2.45) is 5.41 Å². The van der Waals surface area contributed by atoms with Gasteiger partial charge in [0.25, 0.3) is 5.91 Å². The molecule has 120 valence electrons. The molecule has 4 nitrogen and oxygen atoms in total. The Morgan fingerprint density at radius 1 is 1.45 bits per heavy atom. The third-order valence-corrected chi connectivity index (χ3v) is 6.28. The summed E-state index contributed by atoms with van der Waals surface area (Å²) in [6, 6.07) is 2.56. The Morgan fingerprint density at radius 2 is 2.32 bits per heavy atom. The van der Waals surface area contributed by atoms with Crippen molar-refractivity contribution < 1.29 is 9.53 Å². The predicted molar refractivity (Wildman–Crippen MR) is 86.8 cm³/mol. The number of rotatable bonds is 4. The highest BCUT2D eigenvalue weighted by Crippen LogP contribution is 2.56. The predicted octanol–water partition coefficient (Wildman–Crippen LogP) is 2.40. The third kappa shape index (κ3) is 2.70. The summed E-state index contributed by atoms with van der Waals surface area (Å²) in [6.45, 7) is 3.68. The van der Waals surface area contributed by atoms with Gasteiger partial charge in [0.05, 0.1) is 0 Å². The molecule has 1 aromatic heterocycles. The summed E-state index contributed by atoms with van der Waals surface area (Å²) in [6.07, 6.45) is 5.30. The summed E-state index contributed by atoms with van der Waals surface area (Å²) >= 11 is 1.71. The molecule has 2 unspecified atom stereocenters. The van der Waals surface area contributed by atoms with E-state index in [0.29, 0.717) is 11.5 Å². The molecule has 0 aromatic carbocycles. The number of carbonyl (C=O) groups is 1. The van der Waals surface area contributed by atoms with Crippen LogP contribution in [-0.2, 0) is 16.1 Å². The van der Waals surface area contributed by atoms with Gasteiger partial charge in [-0.05, 0) is 73.0 Å². The van der Waals surface area contributed by atoms with Crippen LogP contribution in [0.5, 0.6) is 0 Å². The van der Waals surface area contributed by atoms with Crippen LogP contribution >= 0.6 is 11.3 Å². The monoisotopic (exact) mass is 320 g/mol. The van der Waals surface area contributed by atoms with Crippen LogP contribution in [0.3, 0.4) is 0 Å². The topological polar surface area (TPSA) is 41.6 Å². The molecule has 0 radical (unpaired) electrons. The van der Waals surface area contributed by atoms with Crippen LogP contribution in [0.1, 0.15) is 37.7 Å². The van der Waals surface area contributed by atoms with E-state index in [2.05, 4.69) is 27.0 Å².